The maximum Gasteiger partial charge on any atom is 0.235 e. The third kappa shape index (κ3) is 3.42. The zero-order valence-corrected chi connectivity index (χ0v) is 18.1. The second-order valence-electron chi connectivity index (χ2n) is 7.50. The summed E-state index contributed by atoms with van der Waals surface area (Å²) in [6.07, 6.45) is 3.04. The molecule has 31 heavy (non-hydrogen) atoms. The Morgan fingerprint density at radius 1 is 1.23 bits per heavy atom. The van der Waals surface area contributed by atoms with Gasteiger partial charge in [0, 0.05) is 11.1 Å². The van der Waals surface area contributed by atoms with Crippen LogP contribution in [0.4, 0.5) is 5.82 Å². The van der Waals surface area contributed by atoms with Gasteiger partial charge in [0.2, 0.25) is 5.91 Å². The van der Waals surface area contributed by atoms with E-state index in [4.69, 9.17) is 9.84 Å². The Balaban J connectivity index is 1.71. The number of imidazole rings is 1. The molecule has 1 unspecified atom stereocenters. The van der Waals surface area contributed by atoms with Gasteiger partial charge in [0.05, 0.1) is 29.1 Å². The van der Waals surface area contributed by atoms with Gasteiger partial charge in [-0.05, 0) is 26.8 Å². The van der Waals surface area contributed by atoms with Gasteiger partial charge in [-0.3, -0.25) is 4.79 Å². The molecule has 1 amide bonds. The number of anilines is 1. The molecule has 10 heteroatoms. The summed E-state index contributed by atoms with van der Waals surface area (Å²) in [6, 6.07) is 7.96. The molecule has 1 aromatic carbocycles. The van der Waals surface area contributed by atoms with E-state index < -0.39 is 0 Å². The number of aromatic nitrogens is 6. The van der Waals surface area contributed by atoms with Gasteiger partial charge in [0.1, 0.15) is 23.4 Å². The molecule has 3 aromatic heterocycles. The normalized spacial score (nSPS) is 16.3. The van der Waals surface area contributed by atoms with E-state index in [1.54, 1.807) is 22.8 Å². The number of aromatic amines is 1. The number of benzene rings is 1. The summed E-state index contributed by atoms with van der Waals surface area (Å²) >= 11 is 1.56. The van der Waals surface area contributed by atoms with Gasteiger partial charge < -0.3 is 15.0 Å². The number of rotatable bonds is 4. The number of nitrogens with zero attached hydrogens (tertiary/aromatic N) is 5. The summed E-state index contributed by atoms with van der Waals surface area (Å²) in [5.74, 6) is 2.17. The molecule has 1 aliphatic heterocycles. The summed E-state index contributed by atoms with van der Waals surface area (Å²) in [7, 11) is 0. The molecule has 1 aliphatic rings. The lowest BCUT2D eigenvalue weighted by molar-refractivity contribution is -0.113. The number of H-pyrrole nitrogens is 1. The third-order valence-electron chi connectivity index (χ3n) is 4.98. The minimum Gasteiger partial charge on any atom is -0.491 e. The molecule has 0 spiro atoms. The predicted octanol–water partition coefficient (Wildman–Crippen LogP) is 3.41. The first-order valence-corrected chi connectivity index (χ1v) is 11.0. The van der Waals surface area contributed by atoms with Gasteiger partial charge >= 0.3 is 0 Å². The van der Waals surface area contributed by atoms with Crippen LogP contribution in [0.3, 0.4) is 0 Å². The Kier molecular flexibility index (Phi) is 4.85. The molecule has 0 radical (unpaired) electrons. The van der Waals surface area contributed by atoms with E-state index in [9.17, 15) is 4.79 Å². The average molecular weight is 436 g/mol. The van der Waals surface area contributed by atoms with Crippen LogP contribution in [0.25, 0.3) is 17.0 Å². The summed E-state index contributed by atoms with van der Waals surface area (Å²) in [4.78, 5) is 28.5. The van der Waals surface area contributed by atoms with E-state index in [1.165, 1.54) is 6.33 Å². The van der Waals surface area contributed by atoms with Crippen LogP contribution in [0, 0.1) is 6.92 Å². The zero-order chi connectivity index (χ0) is 21.5. The van der Waals surface area contributed by atoms with Crippen molar-refractivity contribution in [3.05, 3.63) is 53.7 Å². The number of amides is 1. The molecule has 0 fully saturated rings. The van der Waals surface area contributed by atoms with Crippen LogP contribution in [0.15, 0.2) is 36.9 Å². The number of carbonyl (C=O) groups is 1. The van der Waals surface area contributed by atoms with E-state index in [2.05, 4.69) is 25.3 Å². The van der Waals surface area contributed by atoms with E-state index in [-0.39, 0.29) is 17.3 Å². The molecular weight excluding hydrogens is 414 g/mol. The van der Waals surface area contributed by atoms with E-state index in [0.717, 1.165) is 22.6 Å². The quantitative estimate of drug-likeness (QED) is 0.505. The second-order valence-corrected chi connectivity index (χ2v) is 8.59. The monoisotopic (exact) mass is 435 g/mol. The molecule has 1 atom stereocenters. The number of para-hydroxylation sites is 1. The molecule has 4 aromatic rings. The van der Waals surface area contributed by atoms with Crippen LogP contribution >= 0.6 is 11.8 Å². The summed E-state index contributed by atoms with van der Waals surface area (Å²) < 4.78 is 7.74. The fourth-order valence-electron chi connectivity index (χ4n) is 3.75. The molecule has 2 N–H and O–H groups in total. The van der Waals surface area contributed by atoms with Gasteiger partial charge in [-0.15, -0.1) is 11.8 Å². The van der Waals surface area contributed by atoms with Crippen LogP contribution < -0.4 is 10.1 Å². The van der Waals surface area contributed by atoms with Crippen molar-refractivity contribution >= 4 is 34.7 Å². The largest absolute Gasteiger partial charge is 0.491 e. The van der Waals surface area contributed by atoms with Crippen molar-refractivity contribution in [2.75, 3.05) is 11.1 Å². The van der Waals surface area contributed by atoms with Crippen LogP contribution in [0.5, 0.6) is 5.75 Å². The first kappa shape index (κ1) is 19.6. The zero-order valence-electron chi connectivity index (χ0n) is 17.3. The number of hydrogen-bond acceptors (Lipinski definition) is 7. The highest BCUT2D eigenvalue weighted by Crippen LogP contribution is 2.46. The molecule has 0 bridgehead atoms. The fourth-order valence-corrected chi connectivity index (χ4v) is 4.97. The van der Waals surface area contributed by atoms with Crippen LogP contribution in [0.1, 0.15) is 35.9 Å². The highest BCUT2D eigenvalue weighted by Gasteiger charge is 2.33. The Labute approximate surface area is 182 Å². The number of aryl methyl sites for hydroxylation is 1. The number of hydrogen-bond donors (Lipinski definition) is 2. The molecule has 0 saturated carbocycles. The van der Waals surface area contributed by atoms with Crippen molar-refractivity contribution < 1.29 is 9.53 Å². The molecule has 5 rings (SSSR count). The number of ether oxygens (including phenoxy) is 1. The van der Waals surface area contributed by atoms with Gasteiger partial charge in [0.15, 0.2) is 11.5 Å². The first-order chi connectivity index (χ1) is 15.0. The lowest BCUT2D eigenvalue weighted by Gasteiger charge is -2.20. The van der Waals surface area contributed by atoms with E-state index >= 15 is 0 Å². The van der Waals surface area contributed by atoms with Crippen molar-refractivity contribution in [3.8, 4) is 11.6 Å². The Bertz CT molecular complexity index is 1280. The molecule has 158 valence electrons. The first-order valence-electron chi connectivity index (χ1n) is 9.94. The number of carbonyl (C=O) groups excluding carboxylic acids is 1. The lowest BCUT2D eigenvalue weighted by atomic mass is 10.0. The van der Waals surface area contributed by atoms with E-state index in [1.807, 2.05) is 45.0 Å². The minimum absolute atomic E-state index is 0.0367. The standard InChI is InChI=1S/C21H21N7O2S/c1-11(2)30-14-7-5-4-6-13(14)18-16-12(3)27-28(20(16)26-15(29)8-31-18)21-17-19(23-9-22-17)24-10-25-21/h4-7,9-11,18H,8H2,1-3H3,(H,26,29)(H,22,23,24,25). The molecule has 0 saturated heterocycles. The average Bonchev–Trinajstić information content (AvgIpc) is 3.29. The van der Waals surface area contributed by atoms with Gasteiger partial charge in [-0.1, -0.05) is 18.2 Å². The van der Waals surface area contributed by atoms with Gasteiger partial charge in [-0.2, -0.15) is 9.78 Å². The SMILES string of the molecule is Cc1nn(-c2ncnc3nc[nH]c23)c2c1C(c1ccccc1OC(C)C)SCC(=O)N2. The highest BCUT2D eigenvalue weighted by molar-refractivity contribution is 8.00. The second kappa shape index (κ2) is 7.69. The maximum atomic E-state index is 12.6. The third-order valence-corrected chi connectivity index (χ3v) is 6.23. The molecule has 4 heterocycles. The summed E-state index contributed by atoms with van der Waals surface area (Å²) in [5.41, 5.74) is 3.94. The van der Waals surface area contributed by atoms with Crippen molar-refractivity contribution in [1.29, 1.82) is 0 Å². The smallest absolute Gasteiger partial charge is 0.235 e. The number of nitrogens with one attached hydrogen (secondary N) is 2. The highest BCUT2D eigenvalue weighted by atomic mass is 32.2. The van der Waals surface area contributed by atoms with E-state index in [0.29, 0.717) is 28.6 Å². The topological polar surface area (TPSA) is 111 Å². The summed E-state index contributed by atoms with van der Waals surface area (Å²) in [6.45, 7) is 5.95. The Morgan fingerprint density at radius 3 is 2.90 bits per heavy atom. The molecular formula is C21H21N7O2S. The van der Waals surface area contributed by atoms with Crippen molar-refractivity contribution in [1.82, 2.24) is 29.7 Å². The summed E-state index contributed by atoms with van der Waals surface area (Å²) in [5, 5.41) is 7.65. The predicted molar refractivity (Wildman–Crippen MR) is 119 cm³/mol. The van der Waals surface area contributed by atoms with Gasteiger partial charge in [0.25, 0.3) is 0 Å². The Morgan fingerprint density at radius 2 is 2.06 bits per heavy atom. The molecule has 9 nitrogen and oxygen atoms in total. The Hall–Kier alpha value is -3.40. The molecule has 0 aliphatic carbocycles. The van der Waals surface area contributed by atoms with Crippen LogP contribution in [0.2, 0.25) is 0 Å². The van der Waals surface area contributed by atoms with Crippen molar-refractivity contribution in [2.24, 2.45) is 0 Å². The van der Waals surface area contributed by atoms with Crippen LogP contribution in [-0.4, -0.2) is 47.5 Å². The fraction of sp³-hybridized carbons (Fsp3) is 0.286. The maximum absolute atomic E-state index is 12.6. The van der Waals surface area contributed by atoms with Crippen molar-refractivity contribution in [2.45, 2.75) is 32.1 Å². The van der Waals surface area contributed by atoms with Crippen LogP contribution in [-0.2, 0) is 4.79 Å². The number of fused-ring (bicyclic) bond motifs is 2. The lowest BCUT2D eigenvalue weighted by Crippen LogP contribution is -2.16. The minimum atomic E-state index is -0.128. The number of thioether (sulfide) groups is 1. The van der Waals surface area contributed by atoms with Crippen molar-refractivity contribution in [3.63, 3.8) is 0 Å². The van der Waals surface area contributed by atoms with Gasteiger partial charge in [-0.25, -0.2) is 15.0 Å².